The summed E-state index contributed by atoms with van der Waals surface area (Å²) in [7, 11) is 0. The molecular weight excluding hydrogens is 264 g/mol. The summed E-state index contributed by atoms with van der Waals surface area (Å²) in [4.78, 5) is 11.7. The van der Waals surface area contributed by atoms with Crippen molar-refractivity contribution in [1.29, 1.82) is 0 Å². The van der Waals surface area contributed by atoms with Gasteiger partial charge < -0.3 is 16.2 Å². The van der Waals surface area contributed by atoms with E-state index >= 15 is 0 Å². The van der Waals surface area contributed by atoms with Crippen LogP contribution in [-0.2, 0) is 9.53 Å². The van der Waals surface area contributed by atoms with Crippen LogP contribution in [0.1, 0.15) is 38.5 Å². The van der Waals surface area contributed by atoms with Gasteiger partial charge in [-0.1, -0.05) is 0 Å². The van der Waals surface area contributed by atoms with Crippen molar-refractivity contribution in [3.8, 4) is 0 Å². The van der Waals surface area contributed by atoms with Gasteiger partial charge in [0.2, 0.25) is 0 Å². The predicted molar refractivity (Wildman–Crippen MR) is 80.5 cm³/mol. The number of nitrogens with two attached hydrogens (primary N) is 2. The fourth-order valence-electron chi connectivity index (χ4n) is 5.12. The molecule has 3 unspecified atom stereocenters. The van der Waals surface area contributed by atoms with Gasteiger partial charge in [-0.15, -0.1) is 0 Å². The summed E-state index contributed by atoms with van der Waals surface area (Å²) in [5.41, 5.74) is 17.0. The molecule has 1 saturated carbocycles. The lowest BCUT2D eigenvalue weighted by Gasteiger charge is -2.54. The molecule has 0 aromatic carbocycles. The van der Waals surface area contributed by atoms with Crippen molar-refractivity contribution in [3.63, 3.8) is 0 Å². The third kappa shape index (κ3) is 2.04. The topological polar surface area (TPSA) is 78.3 Å². The number of allylic oxidation sites excluding steroid dienone is 3. The quantitative estimate of drug-likeness (QED) is 0.707. The highest BCUT2D eigenvalue weighted by Gasteiger charge is 2.51. The highest BCUT2D eigenvalue weighted by atomic mass is 16.5. The average molecular weight is 288 g/mol. The number of rotatable bonds is 0. The molecule has 0 amide bonds. The second-order valence-corrected chi connectivity index (χ2v) is 7.21. The van der Waals surface area contributed by atoms with Gasteiger partial charge in [-0.3, -0.25) is 4.79 Å². The fourth-order valence-corrected chi connectivity index (χ4v) is 5.12. The lowest BCUT2D eigenvalue weighted by Crippen LogP contribution is -2.63. The van der Waals surface area contributed by atoms with E-state index in [1.807, 2.05) is 6.08 Å². The Morgan fingerprint density at radius 1 is 1.24 bits per heavy atom. The minimum absolute atomic E-state index is 0.0323. The molecule has 1 heterocycles. The number of ether oxygens (including phenoxy) is 1. The van der Waals surface area contributed by atoms with Crippen molar-refractivity contribution < 1.29 is 9.53 Å². The van der Waals surface area contributed by atoms with Gasteiger partial charge in [0, 0.05) is 24.6 Å². The van der Waals surface area contributed by atoms with Crippen LogP contribution in [0.15, 0.2) is 22.8 Å². The standard InChI is InChI=1S/C17H24N2O2/c18-15-8-17(19)9-21-6-5-14(17)13-3-1-10-7-11(20)2-4-12(10)16(13)15/h7,13-15H,1-6,8-9,18-19H2/t13?,14?,15-,17?/m0/s1. The molecule has 2 fully saturated rings. The first-order valence-electron chi connectivity index (χ1n) is 8.17. The molecule has 0 aromatic rings. The SMILES string of the molecule is N[C@H]1CC2(N)COCCC2C2CCC3=CC(=O)CCC3=C21. The smallest absolute Gasteiger partial charge is 0.156 e. The maximum atomic E-state index is 11.7. The van der Waals surface area contributed by atoms with Crippen LogP contribution in [0.25, 0.3) is 0 Å². The Balaban J connectivity index is 1.78. The first-order valence-corrected chi connectivity index (χ1v) is 8.17. The van der Waals surface area contributed by atoms with E-state index in [1.54, 1.807) is 0 Å². The third-order valence-corrected chi connectivity index (χ3v) is 5.98. The summed E-state index contributed by atoms with van der Waals surface area (Å²) < 4.78 is 5.64. The summed E-state index contributed by atoms with van der Waals surface area (Å²) in [6.07, 6.45) is 7.35. The number of hydrogen-bond acceptors (Lipinski definition) is 4. The molecule has 4 heteroatoms. The molecule has 1 saturated heterocycles. The van der Waals surface area contributed by atoms with Gasteiger partial charge in [0.1, 0.15) is 0 Å². The molecule has 0 spiro atoms. The zero-order valence-electron chi connectivity index (χ0n) is 12.4. The Kier molecular flexibility index (Phi) is 3.10. The van der Waals surface area contributed by atoms with Crippen molar-refractivity contribution >= 4 is 5.78 Å². The maximum absolute atomic E-state index is 11.7. The second kappa shape index (κ2) is 4.77. The summed E-state index contributed by atoms with van der Waals surface area (Å²) in [6, 6.07) is 0.0323. The molecule has 4 atom stereocenters. The van der Waals surface area contributed by atoms with Gasteiger partial charge in [0.05, 0.1) is 6.61 Å². The van der Waals surface area contributed by atoms with Crippen LogP contribution in [0.5, 0.6) is 0 Å². The summed E-state index contributed by atoms with van der Waals surface area (Å²) in [5, 5.41) is 0. The number of fused-ring (bicyclic) bond motifs is 4. The highest BCUT2D eigenvalue weighted by Crippen LogP contribution is 2.51. The molecule has 1 aliphatic heterocycles. The summed E-state index contributed by atoms with van der Waals surface area (Å²) >= 11 is 0. The van der Waals surface area contributed by atoms with E-state index in [0.717, 1.165) is 38.7 Å². The van der Waals surface area contributed by atoms with E-state index in [0.29, 0.717) is 24.9 Å². The van der Waals surface area contributed by atoms with Gasteiger partial charge in [-0.25, -0.2) is 0 Å². The largest absolute Gasteiger partial charge is 0.380 e. The van der Waals surface area contributed by atoms with Gasteiger partial charge in [0.15, 0.2) is 5.78 Å². The molecule has 114 valence electrons. The Labute approximate surface area is 125 Å². The van der Waals surface area contributed by atoms with E-state index in [1.165, 1.54) is 16.7 Å². The summed E-state index contributed by atoms with van der Waals surface area (Å²) in [6.45, 7) is 1.46. The van der Waals surface area contributed by atoms with Crippen molar-refractivity contribution in [3.05, 3.63) is 22.8 Å². The lowest BCUT2D eigenvalue weighted by atomic mass is 9.57. The van der Waals surface area contributed by atoms with Gasteiger partial charge in [-0.2, -0.15) is 0 Å². The fraction of sp³-hybridized carbons (Fsp3) is 0.706. The molecule has 21 heavy (non-hydrogen) atoms. The normalized spacial score (nSPS) is 42.9. The third-order valence-electron chi connectivity index (χ3n) is 5.98. The van der Waals surface area contributed by atoms with Gasteiger partial charge >= 0.3 is 0 Å². The van der Waals surface area contributed by atoms with E-state index in [4.69, 9.17) is 16.2 Å². The van der Waals surface area contributed by atoms with E-state index in [-0.39, 0.29) is 17.4 Å². The van der Waals surface area contributed by atoms with Crippen LogP contribution in [0, 0.1) is 11.8 Å². The van der Waals surface area contributed by atoms with Crippen LogP contribution < -0.4 is 11.5 Å². The average Bonchev–Trinajstić information content (AvgIpc) is 2.45. The molecule has 0 bridgehead atoms. The molecule has 0 radical (unpaired) electrons. The maximum Gasteiger partial charge on any atom is 0.156 e. The van der Waals surface area contributed by atoms with E-state index in [2.05, 4.69) is 0 Å². The van der Waals surface area contributed by atoms with Crippen molar-refractivity contribution in [2.75, 3.05) is 13.2 Å². The zero-order valence-corrected chi connectivity index (χ0v) is 12.4. The molecule has 0 aromatic heterocycles. The molecule has 4 rings (SSSR count). The van der Waals surface area contributed by atoms with E-state index in [9.17, 15) is 4.79 Å². The van der Waals surface area contributed by atoms with Crippen LogP contribution >= 0.6 is 0 Å². The number of hydrogen-bond donors (Lipinski definition) is 2. The van der Waals surface area contributed by atoms with Crippen molar-refractivity contribution in [2.45, 2.75) is 50.1 Å². The lowest BCUT2D eigenvalue weighted by molar-refractivity contribution is -0.114. The summed E-state index contributed by atoms with van der Waals surface area (Å²) in [5.74, 6) is 1.27. The van der Waals surface area contributed by atoms with Crippen LogP contribution in [0.2, 0.25) is 0 Å². The van der Waals surface area contributed by atoms with E-state index < -0.39 is 0 Å². The predicted octanol–water partition coefficient (Wildman–Crippen LogP) is 1.45. The highest BCUT2D eigenvalue weighted by molar-refractivity contribution is 5.93. The Morgan fingerprint density at radius 3 is 2.95 bits per heavy atom. The van der Waals surface area contributed by atoms with Crippen molar-refractivity contribution in [2.24, 2.45) is 23.3 Å². The first kappa shape index (κ1) is 13.7. The number of ketones is 1. The monoisotopic (exact) mass is 288 g/mol. The molecule has 4 nitrogen and oxygen atoms in total. The van der Waals surface area contributed by atoms with Crippen molar-refractivity contribution in [1.82, 2.24) is 0 Å². The zero-order chi connectivity index (χ0) is 14.6. The molecule has 4 N–H and O–H groups in total. The van der Waals surface area contributed by atoms with Gasteiger partial charge in [-0.05, 0) is 66.7 Å². The Bertz CT molecular complexity index is 551. The molecule has 3 aliphatic carbocycles. The molecular formula is C17H24N2O2. The Hall–Kier alpha value is -0.970. The number of carbonyl (C=O) groups is 1. The van der Waals surface area contributed by atoms with Crippen LogP contribution in [0.3, 0.4) is 0 Å². The minimum Gasteiger partial charge on any atom is -0.380 e. The number of carbonyl (C=O) groups excluding carboxylic acids is 1. The van der Waals surface area contributed by atoms with Gasteiger partial charge in [0.25, 0.3) is 0 Å². The van der Waals surface area contributed by atoms with Crippen LogP contribution in [0.4, 0.5) is 0 Å². The molecule has 4 aliphatic rings. The van der Waals surface area contributed by atoms with Crippen LogP contribution in [-0.4, -0.2) is 30.6 Å². The first-order chi connectivity index (χ1) is 10.1. The minimum atomic E-state index is -0.252. The second-order valence-electron chi connectivity index (χ2n) is 7.21. The Morgan fingerprint density at radius 2 is 2.10 bits per heavy atom.